The standard InChI is InChI=1S/C19H24F3N/c1-18(12-2-3-14-23(18)17-10-11-17)13-4-5-15-6-8-16(9-7-15)19(20,21)22/h4-9,17H,2-3,10-14H2,1H3. The molecule has 1 unspecified atom stereocenters. The lowest BCUT2D eigenvalue weighted by Crippen LogP contribution is -2.50. The third-order valence-electron chi connectivity index (χ3n) is 5.15. The van der Waals surface area contributed by atoms with Crippen LogP contribution in [-0.4, -0.2) is 23.0 Å². The summed E-state index contributed by atoms with van der Waals surface area (Å²) in [5.41, 5.74) is 0.450. The Labute approximate surface area is 136 Å². The molecule has 2 fully saturated rings. The molecule has 4 heteroatoms. The summed E-state index contributed by atoms with van der Waals surface area (Å²) in [5.74, 6) is 0. The van der Waals surface area contributed by atoms with E-state index in [1.165, 1.54) is 38.6 Å². The number of rotatable bonds is 4. The molecule has 0 spiro atoms. The number of likely N-dealkylation sites (tertiary alicyclic amines) is 1. The zero-order chi connectivity index (χ0) is 16.5. The van der Waals surface area contributed by atoms with Gasteiger partial charge in [0, 0.05) is 11.6 Å². The summed E-state index contributed by atoms with van der Waals surface area (Å²) in [6.07, 6.45) is 7.18. The maximum absolute atomic E-state index is 12.6. The summed E-state index contributed by atoms with van der Waals surface area (Å²) < 4.78 is 37.7. The van der Waals surface area contributed by atoms with Gasteiger partial charge in [-0.15, -0.1) is 0 Å². The second-order valence-corrected chi connectivity index (χ2v) is 7.10. The quantitative estimate of drug-likeness (QED) is 0.705. The van der Waals surface area contributed by atoms with Gasteiger partial charge in [-0.1, -0.05) is 30.7 Å². The average molecular weight is 323 g/mol. The maximum Gasteiger partial charge on any atom is 0.416 e. The second-order valence-electron chi connectivity index (χ2n) is 7.10. The molecule has 0 aromatic heterocycles. The number of benzene rings is 1. The summed E-state index contributed by atoms with van der Waals surface area (Å²) in [7, 11) is 0. The van der Waals surface area contributed by atoms with Crippen LogP contribution in [0.15, 0.2) is 30.3 Å². The van der Waals surface area contributed by atoms with Gasteiger partial charge in [-0.3, -0.25) is 4.90 Å². The molecule has 1 heterocycles. The first-order chi connectivity index (χ1) is 10.9. The van der Waals surface area contributed by atoms with Crippen LogP contribution >= 0.6 is 0 Å². The van der Waals surface area contributed by atoms with Gasteiger partial charge in [-0.2, -0.15) is 13.2 Å². The van der Waals surface area contributed by atoms with Gasteiger partial charge in [-0.25, -0.2) is 0 Å². The van der Waals surface area contributed by atoms with Crippen LogP contribution in [0.25, 0.3) is 6.08 Å². The van der Waals surface area contributed by atoms with E-state index < -0.39 is 11.7 Å². The van der Waals surface area contributed by atoms with Crippen molar-refractivity contribution in [2.24, 2.45) is 0 Å². The van der Waals surface area contributed by atoms with Gasteiger partial charge in [0.1, 0.15) is 0 Å². The number of hydrogen-bond donors (Lipinski definition) is 0. The lowest BCUT2D eigenvalue weighted by atomic mass is 9.85. The Balaban J connectivity index is 1.63. The summed E-state index contributed by atoms with van der Waals surface area (Å²) >= 11 is 0. The number of halogens is 3. The molecule has 0 radical (unpaired) electrons. The normalized spacial score (nSPS) is 26.8. The molecule has 1 aliphatic carbocycles. The highest BCUT2D eigenvalue weighted by atomic mass is 19.4. The maximum atomic E-state index is 12.6. The summed E-state index contributed by atoms with van der Waals surface area (Å²) in [5, 5.41) is 0. The van der Waals surface area contributed by atoms with Crippen molar-refractivity contribution >= 4 is 6.08 Å². The van der Waals surface area contributed by atoms with Crippen molar-refractivity contribution in [3.8, 4) is 0 Å². The number of hydrogen-bond acceptors (Lipinski definition) is 1. The Hall–Kier alpha value is -1.29. The third-order valence-corrected chi connectivity index (χ3v) is 5.15. The van der Waals surface area contributed by atoms with Gasteiger partial charge in [0.25, 0.3) is 0 Å². The van der Waals surface area contributed by atoms with Gasteiger partial charge in [0.05, 0.1) is 5.56 Å². The molecule has 0 amide bonds. The van der Waals surface area contributed by atoms with E-state index in [9.17, 15) is 13.2 Å². The largest absolute Gasteiger partial charge is 0.416 e. The Kier molecular flexibility index (Phi) is 4.54. The molecular weight excluding hydrogens is 299 g/mol. The molecule has 1 aromatic carbocycles. The predicted molar refractivity (Wildman–Crippen MR) is 87.1 cm³/mol. The molecule has 126 valence electrons. The Morgan fingerprint density at radius 2 is 1.87 bits per heavy atom. The summed E-state index contributed by atoms with van der Waals surface area (Å²) in [4.78, 5) is 2.66. The molecule has 23 heavy (non-hydrogen) atoms. The van der Waals surface area contributed by atoms with Gasteiger partial charge in [0.15, 0.2) is 0 Å². The van der Waals surface area contributed by atoms with Crippen LogP contribution in [0.1, 0.15) is 56.6 Å². The molecule has 1 saturated carbocycles. The highest BCUT2D eigenvalue weighted by molar-refractivity contribution is 5.50. The topological polar surface area (TPSA) is 3.24 Å². The molecule has 1 nitrogen and oxygen atoms in total. The van der Waals surface area contributed by atoms with Crippen molar-refractivity contribution in [3.05, 3.63) is 41.5 Å². The van der Waals surface area contributed by atoms with E-state index in [4.69, 9.17) is 0 Å². The van der Waals surface area contributed by atoms with Crippen molar-refractivity contribution in [1.82, 2.24) is 4.90 Å². The molecular formula is C19H24F3N. The highest BCUT2D eigenvalue weighted by Gasteiger charge is 2.41. The van der Waals surface area contributed by atoms with Crippen molar-refractivity contribution in [2.45, 2.75) is 63.2 Å². The molecule has 1 atom stereocenters. The van der Waals surface area contributed by atoms with Crippen LogP contribution in [-0.2, 0) is 6.18 Å². The lowest BCUT2D eigenvalue weighted by molar-refractivity contribution is -0.137. The Morgan fingerprint density at radius 3 is 2.48 bits per heavy atom. The fourth-order valence-electron chi connectivity index (χ4n) is 3.66. The third kappa shape index (κ3) is 3.97. The van der Waals surface area contributed by atoms with Crippen LogP contribution in [0.5, 0.6) is 0 Å². The van der Waals surface area contributed by atoms with E-state index >= 15 is 0 Å². The molecule has 1 aliphatic heterocycles. The molecule has 1 saturated heterocycles. The minimum atomic E-state index is -4.26. The van der Waals surface area contributed by atoms with Crippen molar-refractivity contribution < 1.29 is 13.2 Å². The van der Waals surface area contributed by atoms with Gasteiger partial charge >= 0.3 is 6.18 Å². The lowest BCUT2D eigenvalue weighted by Gasteiger charge is -2.45. The fourth-order valence-corrected chi connectivity index (χ4v) is 3.66. The minimum Gasteiger partial charge on any atom is -0.295 e. The first-order valence-electron chi connectivity index (χ1n) is 8.49. The van der Waals surface area contributed by atoms with Gasteiger partial charge < -0.3 is 0 Å². The summed E-state index contributed by atoms with van der Waals surface area (Å²) in [6, 6.07) is 6.15. The number of nitrogens with zero attached hydrogens (tertiary/aromatic N) is 1. The van der Waals surface area contributed by atoms with Crippen molar-refractivity contribution in [1.29, 1.82) is 0 Å². The zero-order valence-corrected chi connectivity index (χ0v) is 13.6. The minimum absolute atomic E-state index is 0.210. The zero-order valence-electron chi connectivity index (χ0n) is 13.6. The van der Waals surface area contributed by atoms with Gasteiger partial charge in [0.2, 0.25) is 0 Å². The van der Waals surface area contributed by atoms with Gasteiger partial charge in [-0.05, 0) is 63.3 Å². The van der Waals surface area contributed by atoms with Crippen molar-refractivity contribution in [3.63, 3.8) is 0 Å². The van der Waals surface area contributed by atoms with Crippen molar-refractivity contribution in [2.75, 3.05) is 6.54 Å². The van der Waals surface area contributed by atoms with Crippen LogP contribution in [0, 0.1) is 0 Å². The SMILES string of the molecule is CC1(CC=Cc2ccc(C(F)(F)F)cc2)CCCCN1C1CC1. The average Bonchev–Trinajstić information content (AvgIpc) is 3.32. The Morgan fingerprint density at radius 1 is 1.17 bits per heavy atom. The van der Waals surface area contributed by atoms with E-state index in [-0.39, 0.29) is 5.54 Å². The van der Waals surface area contributed by atoms with E-state index in [1.807, 2.05) is 6.08 Å². The predicted octanol–water partition coefficient (Wildman–Crippen LogP) is 5.52. The molecule has 2 aliphatic rings. The second kappa shape index (κ2) is 6.31. The first kappa shape index (κ1) is 16.6. The van der Waals surface area contributed by atoms with Crippen LogP contribution in [0.3, 0.4) is 0 Å². The van der Waals surface area contributed by atoms with Crippen LogP contribution < -0.4 is 0 Å². The fraction of sp³-hybridized carbons (Fsp3) is 0.579. The number of piperidine rings is 1. The first-order valence-corrected chi connectivity index (χ1v) is 8.49. The monoisotopic (exact) mass is 323 g/mol. The molecule has 0 N–H and O–H groups in total. The van der Waals surface area contributed by atoms with E-state index in [0.29, 0.717) is 0 Å². The van der Waals surface area contributed by atoms with E-state index in [1.54, 1.807) is 12.1 Å². The Bertz CT molecular complexity index is 557. The van der Waals surface area contributed by atoms with E-state index in [2.05, 4.69) is 17.9 Å². The molecule has 3 rings (SSSR count). The van der Waals surface area contributed by atoms with E-state index in [0.717, 1.165) is 30.2 Å². The molecule has 0 bridgehead atoms. The molecule has 1 aromatic rings. The van der Waals surface area contributed by atoms with Crippen LogP contribution in [0.4, 0.5) is 13.2 Å². The smallest absolute Gasteiger partial charge is 0.295 e. The number of alkyl halides is 3. The van der Waals surface area contributed by atoms with Crippen LogP contribution in [0.2, 0.25) is 0 Å². The highest BCUT2D eigenvalue weighted by Crippen LogP contribution is 2.40. The summed E-state index contributed by atoms with van der Waals surface area (Å²) in [6.45, 7) is 3.52.